The summed E-state index contributed by atoms with van der Waals surface area (Å²) in [7, 11) is 0. The average Bonchev–Trinajstić information content (AvgIpc) is 2.63. The molecule has 0 rings (SSSR count). The van der Waals surface area contributed by atoms with Gasteiger partial charge in [0.2, 0.25) is 0 Å². The first kappa shape index (κ1) is 30.7. The van der Waals surface area contributed by atoms with Crippen molar-refractivity contribution < 1.29 is 58.2 Å². The highest BCUT2D eigenvalue weighted by molar-refractivity contribution is 5.66. The molecule has 0 aromatic carbocycles. The van der Waals surface area contributed by atoms with Gasteiger partial charge in [-0.1, -0.05) is 57.8 Å². The van der Waals surface area contributed by atoms with E-state index in [1.807, 2.05) is 0 Å². The molecule has 0 spiro atoms. The van der Waals surface area contributed by atoms with Gasteiger partial charge in [0.05, 0.1) is 0 Å². The van der Waals surface area contributed by atoms with E-state index in [2.05, 4.69) is 0 Å². The number of unbranched alkanes of at least 4 members (excludes halogenated alkanes) is 10. The molecule has 0 aromatic rings. The van der Waals surface area contributed by atoms with E-state index in [9.17, 15) is 53.1 Å². The normalized spacial score (nSPS) is 14.1. The van der Waals surface area contributed by atoms with Crippen LogP contribution in [0.25, 0.3) is 0 Å². The van der Waals surface area contributed by atoms with Crippen molar-refractivity contribution in [3.63, 3.8) is 0 Å². The first-order valence-electron chi connectivity index (χ1n) is 10.2. The van der Waals surface area contributed by atoms with Crippen molar-refractivity contribution >= 4 is 5.97 Å². The van der Waals surface area contributed by atoms with Gasteiger partial charge in [0.15, 0.2) is 0 Å². The van der Waals surface area contributed by atoms with E-state index < -0.39 is 48.7 Å². The molecule has 32 heavy (non-hydrogen) atoms. The van der Waals surface area contributed by atoms with E-state index in [0.717, 1.165) is 32.1 Å². The van der Waals surface area contributed by atoms with Gasteiger partial charge in [0.1, 0.15) is 0 Å². The van der Waals surface area contributed by atoms with Crippen LogP contribution in [0, 0.1) is 0 Å². The van der Waals surface area contributed by atoms with E-state index in [1.54, 1.807) is 0 Å². The molecule has 0 aliphatic rings. The molecule has 0 heterocycles. The van der Waals surface area contributed by atoms with Gasteiger partial charge in [-0.05, 0) is 12.8 Å². The van der Waals surface area contributed by atoms with Gasteiger partial charge in [-0.2, -0.15) is 48.3 Å². The number of carboxylic acid groups (broad SMARTS) is 1. The summed E-state index contributed by atoms with van der Waals surface area (Å²) in [5.74, 6) is -28.2. The minimum atomic E-state index is -7.33. The molecule has 0 aliphatic carbocycles. The third kappa shape index (κ3) is 8.24. The van der Waals surface area contributed by atoms with Gasteiger partial charge < -0.3 is 5.11 Å². The second-order valence-electron chi connectivity index (χ2n) is 7.71. The van der Waals surface area contributed by atoms with E-state index in [4.69, 9.17) is 5.11 Å². The maximum absolute atomic E-state index is 13.5. The predicted octanol–water partition coefficient (Wildman–Crippen LogP) is 8.25. The van der Waals surface area contributed by atoms with Crippen LogP contribution < -0.4 is 0 Å². The highest BCUT2D eigenvalue weighted by Crippen LogP contribution is 2.58. The fraction of sp³-hybridized carbons (Fsp3) is 0.947. The van der Waals surface area contributed by atoms with Crippen molar-refractivity contribution in [2.75, 3.05) is 0 Å². The molecule has 0 amide bonds. The topological polar surface area (TPSA) is 37.3 Å². The Morgan fingerprint density at radius 3 is 1.19 bits per heavy atom. The summed E-state index contributed by atoms with van der Waals surface area (Å²) in [4.78, 5) is 10.3. The highest BCUT2D eigenvalue weighted by atomic mass is 19.4. The van der Waals surface area contributed by atoms with Crippen molar-refractivity contribution in [2.45, 2.75) is 113 Å². The van der Waals surface area contributed by atoms with Crippen molar-refractivity contribution in [3.8, 4) is 0 Å². The molecule has 13 heteroatoms. The minimum absolute atomic E-state index is 0.105. The first-order chi connectivity index (χ1) is 14.4. The van der Waals surface area contributed by atoms with Crippen LogP contribution in [0.4, 0.5) is 48.3 Å². The Kier molecular flexibility index (Phi) is 11.7. The third-order valence-corrected chi connectivity index (χ3v) is 4.99. The number of rotatable bonds is 17. The largest absolute Gasteiger partial charge is 0.481 e. The second-order valence-corrected chi connectivity index (χ2v) is 7.71. The lowest BCUT2D eigenvalue weighted by atomic mass is 9.94. The molecular formula is C19H27F11O2. The molecule has 0 fully saturated rings. The second kappa shape index (κ2) is 12.2. The van der Waals surface area contributed by atoms with Gasteiger partial charge in [-0.3, -0.25) is 4.79 Å². The van der Waals surface area contributed by atoms with Crippen LogP contribution in [0.1, 0.15) is 83.5 Å². The molecule has 0 radical (unpaired) electrons. The lowest BCUT2D eigenvalue weighted by Crippen LogP contribution is -2.66. The van der Waals surface area contributed by atoms with Crippen LogP contribution >= 0.6 is 0 Å². The lowest BCUT2D eigenvalue weighted by Gasteiger charge is -2.37. The van der Waals surface area contributed by atoms with Crippen molar-refractivity contribution in [3.05, 3.63) is 0 Å². The van der Waals surface area contributed by atoms with Gasteiger partial charge in [0.25, 0.3) is 0 Å². The molecule has 0 unspecified atom stereocenters. The number of carbonyl (C=O) groups is 1. The summed E-state index contributed by atoms with van der Waals surface area (Å²) in [5.41, 5.74) is 0. The number of aliphatic carboxylic acids is 1. The lowest BCUT2D eigenvalue weighted by molar-refractivity contribution is -0.422. The van der Waals surface area contributed by atoms with E-state index >= 15 is 0 Å². The van der Waals surface area contributed by atoms with Crippen LogP contribution in [-0.4, -0.2) is 40.9 Å². The molecular weight excluding hydrogens is 469 g/mol. The molecule has 0 atom stereocenters. The highest BCUT2D eigenvalue weighted by Gasteiger charge is 2.86. The predicted molar refractivity (Wildman–Crippen MR) is 93.5 cm³/mol. The number of alkyl halides is 11. The summed E-state index contributed by atoms with van der Waals surface area (Å²) in [6.45, 7) is 0. The van der Waals surface area contributed by atoms with Crippen molar-refractivity contribution in [2.24, 2.45) is 0 Å². The Labute approximate surface area is 178 Å². The molecule has 2 nitrogen and oxygen atoms in total. The Hall–Kier alpha value is -1.30. The van der Waals surface area contributed by atoms with Crippen LogP contribution in [0.3, 0.4) is 0 Å². The van der Waals surface area contributed by atoms with E-state index in [-0.39, 0.29) is 19.3 Å². The Balaban J connectivity index is 4.26. The smallest absolute Gasteiger partial charge is 0.460 e. The Morgan fingerprint density at radius 1 is 0.500 bits per heavy atom. The third-order valence-electron chi connectivity index (χ3n) is 4.99. The summed E-state index contributed by atoms with van der Waals surface area (Å²) < 4.78 is 141. The minimum Gasteiger partial charge on any atom is -0.481 e. The fourth-order valence-corrected chi connectivity index (χ4v) is 2.98. The van der Waals surface area contributed by atoms with Crippen LogP contribution in [0.15, 0.2) is 0 Å². The first-order valence-corrected chi connectivity index (χ1v) is 10.2. The van der Waals surface area contributed by atoms with Crippen molar-refractivity contribution in [1.82, 2.24) is 0 Å². The van der Waals surface area contributed by atoms with E-state index in [0.29, 0.717) is 19.3 Å². The monoisotopic (exact) mass is 496 g/mol. The molecule has 0 saturated carbocycles. The Morgan fingerprint density at radius 2 is 0.844 bits per heavy atom. The molecule has 0 saturated heterocycles. The summed E-state index contributed by atoms with van der Waals surface area (Å²) in [6.07, 6.45) is -3.66. The maximum atomic E-state index is 13.5. The fourth-order valence-electron chi connectivity index (χ4n) is 2.98. The van der Waals surface area contributed by atoms with Crippen LogP contribution in [-0.2, 0) is 4.79 Å². The number of carboxylic acids is 1. The summed E-state index contributed by atoms with van der Waals surface area (Å²) in [6, 6.07) is 0. The van der Waals surface area contributed by atoms with E-state index in [1.165, 1.54) is 0 Å². The van der Waals surface area contributed by atoms with Gasteiger partial charge >= 0.3 is 35.8 Å². The number of hydrogen-bond acceptors (Lipinski definition) is 1. The summed E-state index contributed by atoms with van der Waals surface area (Å²) in [5, 5.41) is 8.47. The zero-order chi connectivity index (χ0) is 25.3. The zero-order valence-electron chi connectivity index (χ0n) is 17.2. The number of hydrogen-bond donors (Lipinski definition) is 1. The van der Waals surface area contributed by atoms with Gasteiger partial charge in [-0.25, -0.2) is 0 Å². The molecule has 192 valence electrons. The SMILES string of the molecule is O=C(O)CCCCCCCCCCCCCC(F)(F)C(F)(F)C(F)(F)C(F)(F)C(F)(F)F. The number of halogens is 11. The molecule has 0 bridgehead atoms. The van der Waals surface area contributed by atoms with Gasteiger partial charge in [0, 0.05) is 12.8 Å². The van der Waals surface area contributed by atoms with Crippen molar-refractivity contribution in [1.29, 1.82) is 0 Å². The molecule has 0 aliphatic heterocycles. The van der Waals surface area contributed by atoms with Crippen LogP contribution in [0.2, 0.25) is 0 Å². The maximum Gasteiger partial charge on any atom is 0.460 e. The van der Waals surface area contributed by atoms with Gasteiger partial charge in [-0.15, -0.1) is 0 Å². The molecule has 1 N–H and O–H groups in total. The standard InChI is InChI=1S/C19H27F11O2/c20-15(21,16(22,23)17(24,25)18(26,27)19(28,29)30)13-11-9-7-5-3-1-2-4-6-8-10-12-14(31)32/h1-13H2,(H,31,32). The Bertz CT molecular complexity index is 560. The van der Waals surface area contributed by atoms with Crippen LogP contribution in [0.5, 0.6) is 0 Å². The quantitative estimate of drug-likeness (QED) is 0.163. The summed E-state index contributed by atoms with van der Waals surface area (Å²) >= 11 is 0. The zero-order valence-corrected chi connectivity index (χ0v) is 17.2. The average molecular weight is 496 g/mol. The molecule has 0 aromatic heterocycles.